The lowest BCUT2D eigenvalue weighted by Crippen LogP contribution is -2.28. The molecule has 0 unspecified atom stereocenters. The number of amides is 1. The van der Waals surface area contributed by atoms with Crippen molar-refractivity contribution >= 4 is 51.7 Å². The van der Waals surface area contributed by atoms with Gasteiger partial charge in [0.1, 0.15) is 15.8 Å². The number of thioether (sulfide) groups is 1. The van der Waals surface area contributed by atoms with Crippen molar-refractivity contribution in [3.8, 4) is 0 Å². The highest BCUT2D eigenvalue weighted by molar-refractivity contribution is 8.26. The number of ether oxygens (including phenoxy) is 1. The number of pyridine rings is 1. The molecule has 1 fully saturated rings. The summed E-state index contributed by atoms with van der Waals surface area (Å²) < 4.78 is 7.61. The summed E-state index contributed by atoms with van der Waals surface area (Å²) in [5.41, 5.74) is 1.62. The van der Waals surface area contributed by atoms with Crippen molar-refractivity contribution in [1.82, 2.24) is 14.3 Å². The largest absolute Gasteiger partial charge is 0.379 e. The molecule has 7 nitrogen and oxygen atoms in total. The lowest BCUT2D eigenvalue weighted by molar-refractivity contribution is -0.122. The molecule has 2 aromatic heterocycles. The monoisotopic (exact) mass is 460 g/mol. The Hall–Kier alpha value is -2.23. The number of hydrogen-bond donors (Lipinski definition) is 1. The zero-order chi connectivity index (χ0) is 22.5. The van der Waals surface area contributed by atoms with Crippen LogP contribution in [0.15, 0.2) is 28.0 Å². The van der Waals surface area contributed by atoms with Gasteiger partial charge in [-0.25, -0.2) is 4.98 Å². The molecule has 31 heavy (non-hydrogen) atoms. The molecule has 1 amide bonds. The number of carbonyl (C=O) groups is 1. The minimum atomic E-state index is -0.226. The molecule has 0 spiro atoms. The van der Waals surface area contributed by atoms with Crippen LogP contribution in [0.3, 0.4) is 0 Å². The summed E-state index contributed by atoms with van der Waals surface area (Å²) in [6.45, 7) is 9.68. The number of aryl methyl sites for hydroxylation is 1. The normalized spacial score (nSPS) is 15.6. The number of nitrogens with one attached hydrogen (secondary N) is 1. The van der Waals surface area contributed by atoms with Crippen LogP contribution >= 0.6 is 24.0 Å². The van der Waals surface area contributed by atoms with Gasteiger partial charge < -0.3 is 10.1 Å². The van der Waals surface area contributed by atoms with Crippen LogP contribution in [0.25, 0.3) is 11.7 Å². The Morgan fingerprint density at radius 1 is 1.32 bits per heavy atom. The van der Waals surface area contributed by atoms with E-state index in [9.17, 15) is 9.59 Å². The zero-order valence-electron chi connectivity index (χ0n) is 18.3. The molecule has 1 aliphatic rings. The first kappa shape index (κ1) is 23.4. The van der Waals surface area contributed by atoms with E-state index in [1.165, 1.54) is 16.2 Å². The van der Waals surface area contributed by atoms with Crippen LogP contribution in [-0.2, 0) is 9.53 Å². The van der Waals surface area contributed by atoms with Crippen LogP contribution in [0.4, 0.5) is 5.82 Å². The standard InChI is InChI=1S/C22H28N4O3S2/c1-5-10-25-21(28)17(31-22(25)30)12-16-19(23-9-6-11-29-14(2)3)24-18-8-7-15(4)13-26(18)20(16)27/h7-8,12-14,23H,5-6,9-11H2,1-4H3/b17-12-. The lowest BCUT2D eigenvalue weighted by atomic mass is 10.2. The smallest absolute Gasteiger partial charge is 0.267 e. The Kier molecular flexibility index (Phi) is 7.85. The molecule has 0 atom stereocenters. The molecule has 2 aromatic rings. The van der Waals surface area contributed by atoms with Gasteiger partial charge in [-0.3, -0.25) is 18.9 Å². The molecule has 1 saturated heterocycles. The fourth-order valence-electron chi connectivity index (χ4n) is 3.17. The van der Waals surface area contributed by atoms with Gasteiger partial charge in [-0.2, -0.15) is 0 Å². The number of carbonyl (C=O) groups excluding carboxylic acids is 1. The molecule has 1 N–H and O–H groups in total. The van der Waals surface area contributed by atoms with Crippen molar-refractivity contribution in [3.63, 3.8) is 0 Å². The molecule has 0 aromatic carbocycles. The summed E-state index contributed by atoms with van der Waals surface area (Å²) in [6.07, 6.45) is 5.12. The number of rotatable bonds is 9. The summed E-state index contributed by atoms with van der Waals surface area (Å²) in [7, 11) is 0. The third-order valence-electron chi connectivity index (χ3n) is 4.67. The summed E-state index contributed by atoms with van der Waals surface area (Å²) >= 11 is 6.58. The second-order valence-electron chi connectivity index (χ2n) is 7.65. The second-order valence-corrected chi connectivity index (χ2v) is 9.32. The van der Waals surface area contributed by atoms with Crippen LogP contribution in [0, 0.1) is 6.92 Å². The lowest BCUT2D eigenvalue weighted by Gasteiger charge is -2.13. The minimum absolute atomic E-state index is 0.165. The molecule has 3 rings (SSSR count). The summed E-state index contributed by atoms with van der Waals surface area (Å²) in [5, 5.41) is 3.25. The first-order valence-corrected chi connectivity index (χ1v) is 11.7. The molecule has 0 bridgehead atoms. The SMILES string of the molecule is CCCN1C(=O)/C(=C/c2c(NCCCOC(C)C)nc3ccc(C)cn3c2=O)SC1=S. The van der Waals surface area contributed by atoms with E-state index < -0.39 is 0 Å². The molecule has 0 aliphatic carbocycles. The summed E-state index contributed by atoms with van der Waals surface area (Å²) in [6, 6.07) is 3.73. The Morgan fingerprint density at radius 2 is 2.10 bits per heavy atom. The van der Waals surface area contributed by atoms with Crippen molar-refractivity contribution < 1.29 is 9.53 Å². The average molecular weight is 461 g/mol. The van der Waals surface area contributed by atoms with Gasteiger partial charge in [0.05, 0.1) is 16.6 Å². The number of hydrogen-bond acceptors (Lipinski definition) is 7. The number of aromatic nitrogens is 2. The third-order valence-corrected chi connectivity index (χ3v) is 6.04. The highest BCUT2D eigenvalue weighted by Crippen LogP contribution is 2.33. The van der Waals surface area contributed by atoms with Gasteiger partial charge >= 0.3 is 0 Å². The van der Waals surface area contributed by atoms with E-state index in [4.69, 9.17) is 17.0 Å². The second kappa shape index (κ2) is 10.4. The van der Waals surface area contributed by atoms with Crippen LogP contribution in [0.2, 0.25) is 0 Å². The predicted molar refractivity (Wildman–Crippen MR) is 131 cm³/mol. The van der Waals surface area contributed by atoms with E-state index in [-0.39, 0.29) is 17.6 Å². The van der Waals surface area contributed by atoms with Gasteiger partial charge in [-0.05, 0) is 51.3 Å². The van der Waals surface area contributed by atoms with Gasteiger partial charge in [0.15, 0.2) is 0 Å². The molecule has 0 saturated carbocycles. The number of fused-ring (bicyclic) bond motifs is 1. The average Bonchev–Trinajstić information content (AvgIpc) is 2.98. The number of nitrogens with zero attached hydrogens (tertiary/aromatic N) is 3. The molecule has 1 aliphatic heterocycles. The number of anilines is 1. The molecule has 3 heterocycles. The van der Waals surface area contributed by atoms with Crippen LogP contribution in [0.5, 0.6) is 0 Å². The quantitative estimate of drug-likeness (QED) is 0.346. The maximum Gasteiger partial charge on any atom is 0.267 e. The van der Waals surface area contributed by atoms with E-state index in [1.807, 2.05) is 39.8 Å². The fourth-order valence-corrected chi connectivity index (χ4v) is 4.46. The molecule has 0 radical (unpaired) electrons. The first-order chi connectivity index (χ1) is 14.8. The van der Waals surface area contributed by atoms with Gasteiger partial charge in [-0.15, -0.1) is 0 Å². The van der Waals surface area contributed by atoms with Crippen molar-refractivity contribution in [2.45, 2.75) is 46.6 Å². The maximum absolute atomic E-state index is 13.3. The van der Waals surface area contributed by atoms with Crippen molar-refractivity contribution in [3.05, 3.63) is 44.7 Å². The van der Waals surface area contributed by atoms with E-state index in [1.54, 1.807) is 17.2 Å². The molecular formula is C22H28N4O3S2. The minimum Gasteiger partial charge on any atom is -0.379 e. The van der Waals surface area contributed by atoms with E-state index in [2.05, 4.69) is 10.3 Å². The predicted octanol–water partition coefficient (Wildman–Crippen LogP) is 3.84. The molecular weight excluding hydrogens is 432 g/mol. The van der Waals surface area contributed by atoms with E-state index >= 15 is 0 Å². The van der Waals surface area contributed by atoms with Crippen molar-refractivity contribution in [2.24, 2.45) is 0 Å². The molecule has 9 heteroatoms. The summed E-state index contributed by atoms with van der Waals surface area (Å²) in [4.78, 5) is 32.8. The maximum atomic E-state index is 13.3. The van der Waals surface area contributed by atoms with Crippen LogP contribution < -0.4 is 10.9 Å². The Labute approximate surface area is 191 Å². The van der Waals surface area contributed by atoms with Crippen LogP contribution in [0.1, 0.15) is 44.7 Å². The van der Waals surface area contributed by atoms with Gasteiger partial charge in [0.25, 0.3) is 11.5 Å². The van der Waals surface area contributed by atoms with E-state index in [0.29, 0.717) is 46.0 Å². The number of thiocarbonyl (C=S) groups is 1. The highest BCUT2D eigenvalue weighted by atomic mass is 32.2. The highest BCUT2D eigenvalue weighted by Gasteiger charge is 2.31. The topological polar surface area (TPSA) is 75.9 Å². The Bertz CT molecular complexity index is 1080. The van der Waals surface area contributed by atoms with Crippen molar-refractivity contribution in [2.75, 3.05) is 25.0 Å². The first-order valence-electron chi connectivity index (χ1n) is 10.5. The van der Waals surface area contributed by atoms with Crippen molar-refractivity contribution in [1.29, 1.82) is 0 Å². The van der Waals surface area contributed by atoms with Crippen LogP contribution in [-0.4, -0.2) is 50.3 Å². The molecule has 166 valence electrons. The Balaban J connectivity index is 1.97. The summed E-state index contributed by atoms with van der Waals surface area (Å²) in [5.74, 6) is 0.293. The van der Waals surface area contributed by atoms with E-state index in [0.717, 1.165) is 18.4 Å². The van der Waals surface area contributed by atoms with Gasteiger partial charge in [-0.1, -0.05) is 37.0 Å². The Morgan fingerprint density at radius 3 is 2.81 bits per heavy atom. The zero-order valence-corrected chi connectivity index (χ0v) is 19.9. The third kappa shape index (κ3) is 5.53. The fraction of sp³-hybridized carbons (Fsp3) is 0.455. The van der Waals surface area contributed by atoms with Gasteiger partial charge in [0.2, 0.25) is 0 Å². The van der Waals surface area contributed by atoms with Gasteiger partial charge in [0, 0.05) is 25.9 Å².